The van der Waals surface area contributed by atoms with Gasteiger partial charge < -0.3 is 14.9 Å². The van der Waals surface area contributed by atoms with Crippen LogP contribution in [0.15, 0.2) is 42.5 Å². The Kier molecular flexibility index (Phi) is 7.22. The van der Waals surface area contributed by atoms with Crippen LogP contribution in [0.4, 0.5) is 11.4 Å². The Hall–Kier alpha value is -1.94. The van der Waals surface area contributed by atoms with Crippen molar-refractivity contribution >= 4 is 23.8 Å². The fourth-order valence-corrected chi connectivity index (χ4v) is 3.62. The van der Waals surface area contributed by atoms with Crippen LogP contribution in [0, 0.1) is 0 Å². The zero-order valence-electron chi connectivity index (χ0n) is 17.1. The quantitative estimate of drug-likeness (QED) is 0.596. The fourth-order valence-electron chi connectivity index (χ4n) is 3.62. The molecule has 0 radical (unpaired) electrons. The number of fused-ring (bicyclic) bond motifs is 1. The van der Waals surface area contributed by atoms with E-state index in [0.717, 1.165) is 26.2 Å². The highest BCUT2D eigenvalue weighted by atomic mass is 16.4. The average Bonchev–Trinajstić information content (AvgIpc) is 3.07. The van der Waals surface area contributed by atoms with E-state index in [1.165, 1.54) is 53.6 Å². The van der Waals surface area contributed by atoms with Gasteiger partial charge in [-0.2, -0.15) is 0 Å². The van der Waals surface area contributed by atoms with E-state index in [1.807, 2.05) is 0 Å². The lowest BCUT2D eigenvalue weighted by molar-refractivity contribution is 0.333. The van der Waals surface area contributed by atoms with Gasteiger partial charge in [-0.25, -0.2) is 0 Å². The smallest absolute Gasteiger partial charge is 0.324 e. The van der Waals surface area contributed by atoms with Crippen molar-refractivity contribution in [1.29, 1.82) is 0 Å². The molecule has 1 heterocycles. The Bertz CT molecular complexity index is 709. The SMILES string of the molecule is CCCCN(CCCC)c1ccc(CNc2ccc3c(c2)B(C)OC3)cc1. The van der Waals surface area contributed by atoms with E-state index < -0.39 is 0 Å². The molecule has 27 heavy (non-hydrogen) atoms. The van der Waals surface area contributed by atoms with Crippen LogP contribution < -0.4 is 15.7 Å². The summed E-state index contributed by atoms with van der Waals surface area (Å²) in [6.45, 7) is 10.8. The van der Waals surface area contributed by atoms with Crippen LogP contribution in [0.3, 0.4) is 0 Å². The van der Waals surface area contributed by atoms with Crippen LogP contribution >= 0.6 is 0 Å². The summed E-state index contributed by atoms with van der Waals surface area (Å²) in [7, 11) is 0. The molecule has 0 saturated carbocycles. The molecule has 2 aromatic carbocycles. The molecule has 0 saturated heterocycles. The third-order valence-corrected chi connectivity index (χ3v) is 5.43. The van der Waals surface area contributed by atoms with Gasteiger partial charge in [0.2, 0.25) is 0 Å². The molecule has 0 amide bonds. The number of unbranched alkanes of at least 4 members (excludes halogenated alkanes) is 2. The standard InChI is InChI=1S/C23H33BN2O/c1-4-6-14-26(15-7-5-2)22-12-8-19(9-13-22)17-25-21-11-10-20-18-27-24(3)23(20)16-21/h8-13,16,25H,4-7,14-15,17-18H2,1-3H3. The predicted molar refractivity (Wildman–Crippen MR) is 118 cm³/mol. The molecule has 1 aliphatic heterocycles. The van der Waals surface area contributed by atoms with Crippen molar-refractivity contribution in [3.05, 3.63) is 53.6 Å². The predicted octanol–water partition coefficient (Wildman–Crippen LogP) is 5.06. The number of nitrogens with zero attached hydrogens (tertiary/aromatic N) is 1. The molecular formula is C23H33BN2O. The minimum atomic E-state index is 0.207. The first-order valence-electron chi connectivity index (χ1n) is 10.5. The average molecular weight is 364 g/mol. The van der Waals surface area contributed by atoms with E-state index in [4.69, 9.17) is 4.65 Å². The first kappa shape index (κ1) is 19.8. The van der Waals surface area contributed by atoms with E-state index in [-0.39, 0.29) is 6.92 Å². The van der Waals surface area contributed by atoms with Crippen molar-refractivity contribution in [3.63, 3.8) is 0 Å². The Morgan fingerprint density at radius 3 is 2.37 bits per heavy atom. The maximum Gasteiger partial charge on any atom is 0.324 e. The van der Waals surface area contributed by atoms with E-state index >= 15 is 0 Å². The highest BCUT2D eigenvalue weighted by Gasteiger charge is 2.23. The van der Waals surface area contributed by atoms with Crippen LogP contribution in [0.2, 0.25) is 6.82 Å². The fraction of sp³-hybridized carbons (Fsp3) is 0.478. The molecular weight excluding hydrogens is 331 g/mol. The van der Waals surface area contributed by atoms with Gasteiger partial charge in [0.05, 0.1) is 6.61 Å². The number of anilines is 2. The van der Waals surface area contributed by atoms with Crippen LogP contribution in [0.1, 0.15) is 50.7 Å². The number of hydrogen-bond donors (Lipinski definition) is 1. The lowest BCUT2D eigenvalue weighted by Crippen LogP contribution is -2.25. The summed E-state index contributed by atoms with van der Waals surface area (Å²) in [4.78, 5) is 2.53. The van der Waals surface area contributed by atoms with Crippen LogP contribution in [0.5, 0.6) is 0 Å². The van der Waals surface area contributed by atoms with Gasteiger partial charge in [0.25, 0.3) is 0 Å². The van der Waals surface area contributed by atoms with E-state index in [2.05, 4.69) is 73.4 Å². The molecule has 0 unspecified atom stereocenters. The summed E-state index contributed by atoms with van der Waals surface area (Å²) in [5.41, 5.74) is 6.47. The van der Waals surface area contributed by atoms with Gasteiger partial charge in [-0.3, -0.25) is 0 Å². The second kappa shape index (κ2) is 9.84. The van der Waals surface area contributed by atoms with Crippen molar-refractivity contribution in [3.8, 4) is 0 Å². The highest BCUT2D eigenvalue weighted by molar-refractivity contribution is 6.67. The minimum absolute atomic E-state index is 0.207. The first-order chi connectivity index (χ1) is 13.2. The molecule has 1 N–H and O–H groups in total. The molecule has 0 aliphatic carbocycles. The van der Waals surface area contributed by atoms with Gasteiger partial charge in [-0.15, -0.1) is 0 Å². The van der Waals surface area contributed by atoms with E-state index in [9.17, 15) is 0 Å². The van der Waals surface area contributed by atoms with Crippen molar-refractivity contribution in [2.45, 2.75) is 59.5 Å². The summed E-state index contributed by atoms with van der Waals surface area (Å²) in [5.74, 6) is 0. The molecule has 0 atom stereocenters. The summed E-state index contributed by atoms with van der Waals surface area (Å²) < 4.78 is 5.70. The Labute approximate surface area is 165 Å². The molecule has 3 nitrogen and oxygen atoms in total. The zero-order chi connectivity index (χ0) is 19.1. The maximum absolute atomic E-state index is 5.70. The van der Waals surface area contributed by atoms with Crippen LogP contribution in [-0.4, -0.2) is 20.0 Å². The van der Waals surface area contributed by atoms with Gasteiger partial charge in [0, 0.05) is 31.0 Å². The van der Waals surface area contributed by atoms with Crippen LogP contribution in [0.25, 0.3) is 0 Å². The highest BCUT2D eigenvalue weighted by Crippen LogP contribution is 2.19. The summed E-state index contributed by atoms with van der Waals surface area (Å²) in [6.07, 6.45) is 5.01. The van der Waals surface area contributed by atoms with Crippen LogP contribution in [-0.2, 0) is 17.8 Å². The van der Waals surface area contributed by atoms with E-state index in [1.54, 1.807) is 0 Å². The van der Waals surface area contributed by atoms with Crippen molar-refractivity contribution in [2.75, 3.05) is 23.3 Å². The Balaban J connectivity index is 1.59. The molecule has 0 bridgehead atoms. The molecule has 0 spiro atoms. The second-order valence-corrected chi connectivity index (χ2v) is 7.58. The monoisotopic (exact) mass is 364 g/mol. The Morgan fingerprint density at radius 1 is 1.00 bits per heavy atom. The van der Waals surface area contributed by atoms with Gasteiger partial charge >= 0.3 is 6.92 Å². The second-order valence-electron chi connectivity index (χ2n) is 7.58. The summed E-state index contributed by atoms with van der Waals surface area (Å²) >= 11 is 0. The zero-order valence-corrected chi connectivity index (χ0v) is 17.1. The van der Waals surface area contributed by atoms with Crippen molar-refractivity contribution in [2.24, 2.45) is 0 Å². The summed E-state index contributed by atoms with van der Waals surface area (Å²) in [6, 6.07) is 15.6. The number of hydrogen-bond acceptors (Lipinski definition) is 3. The molecule has 3 rings (SSSR count). The molecule has 4 heteroatoms. The topological polar surface area (TPSA) is 24.5 Å². The summed E-state index contributed by atoms with van der Waals surface area (Å²) in [5, 5.41) is 3.56. The third-order valence-electron chi connectivity index (χ3n) is 5.43. The lowest BCUT2D eigenvalue weighted by Gasteiger charge is -2.25. The number of benzene rings is 2. The van der Waals surface area contributed by atoms with Gasteiger partial charge in [-0.05, 0) is 53.7 Å². The third kappa shape index (κ3) is 5.29. The van der Waals surface area contributed by atoms with Crippen molar-refractivity contribution < 1.29 is 4.65 Å². The largest absolute Gasteiger partial charge is 0.427 e. The first-order valence-corrected chi connectivity index (χ1v) is 10.5. The maximum atomic E-state index is 5.70. The molecule has 0 aromatic heterocycles. The van der Waals surface area contributed by atoms with Gasteiger partial charge in [0.15, 0.2) is 0 Å². The lowest BCUT2D eigenvalue weighted by atomic mass is 9.64. The molecule has 0 fully saturated rings. The Morgan fingerprint density at radius 2 is 1.70 bits per heavy atom. The van der Waals surface area contributed by atoms with Gasteiger partial charge in [-0.1, -0.05) is 51.7 Å². The molecule has 144 valence electrons. The normalized spacial score (nSPS) is 12.9. The molecule has 2 aromatic rings. The van der Waals surface area contributed by atoms with E-state index in [0.29, 0.717) is 0 Å². The number of nitrogens with one attached hydrogen (secondary N) is 1. The van der Waals surface area contributed by atoms with Crippen molar-refractivity contribution in [1.82, 2.24) is 0 Å². The minimum Gasteiger partial charge on any atom is -0.427 e. The number of rotatable bonds is 10. The molecule has 1 aliphatic rings. The van der Waals surface area contributed by atoms with Gasteiger partial charge in [0.1, 0.15) is 0 Å².